The Balaban J connectivity index is 5.00. The number of carbonyl (C=O) groups excluding carboxylic acids is 3. The first-order valence-corrected chi connectivity index (χ1v) is 10.0. The highest BCUT2D eigenvalue weighted by Crippen LogP contribution is 2.25. The quantitative estimate of drug-likeness (QED) is 0.241. The van der Waals surface area contributed by atoms with E-state index < -0.39 is 35.8 Å². The molecule has 0 saturated carbocycles. The van der Waals surface area contributed by atoms with E-state index in [9.17, 15) is 19.5 Å². The monoisotopic (exact) mass is 404 g/mol. The van der Waals surface area contributed by atoms with Gasteiger partial charge in [-0.05, 0) is 32.6 Å². The van der Waals surface area contributed by atoms with Crippen LogP contribution in [0.3, 0.4) is 0 Å². The number of carbonyl (C=O) groups is 3. The fourth-order valence-electron chi connectivity index (χ4n) is 2.63. The van der Waals surface area contributed by atoms with Crippen molar-refractivity contribution in [3.63, 3.8) is 0 Å². The molecule has 0 bridgehead atoms. The van der Waals surface area contributed by atoms with Crippen molar-refractivity contribution < 1.29 is 38.8 Å². The molecule has 0 heterocycles. The maximum Gasteiger partial charge on any atom is 0.309 e. The molecular weight excluding hydrogens is 368 g/mol. The Morgan fingerprint density at radius 1 is 0.857 bits per heavy atom. The number of hydrogen-bond acceptors (Lipinski definition) is 8. The summed E-state index contributed by atoms with van der Waals surface area (Å²) in [6, 6.07) is 0. The van der Waals surface area contributed by atoms with Gasteiger partial charge in [-0.2, -0.15) is 0 Å². The second kappa shape index (κ2) is 15.3. The van der Waals surface area contributed by atoms with Gasteiger partial charge in [-0.3, -0.25) is 14.4 Å². The van der Waals surface area contributed by atoms with Crippen molar-refractivity contribution in [2.24, 2.45) is 17.8 Å². The second-order valence-corrected chi connectivity index (χ2v) is 7.07. The third kappa shape index (κ3) is 11.2. The molecule has 8 nitrogen and oxygen atoms in total. The third-order valence-corrected chi connectivity index (χ3v) is 4.31. The fourth-order valence-corrected chi connectivity index (χ4v) is 2.63. The molecule has 4 atom stereocenters. The van der Waals surface area contributed by atoms with Gasteiger partial charge < -0.3 is 24.4 Å². The molecule has 0 aliphatic heterocycles. The van der Waals surface area contributed by atoms with Gasteiger partial charge in [0, 0.05) is 0 Å². The summed E-state index contributed by atoms with van der Waals surface area (Å²) in [4.78, 5) is 36.7. The lowest BCUT2D eigenvalue weighted by Crippen LogP contribution is -2.30. The van der Waals surface area contributed by atoms with Crippen molar-refractivity contribution in [2.45, 2.75) is 65.9 Å². The Morgan fingerprint density at radius 2 is 1.46 bits per heavy atom. The van der Waals surface area contributed by atoms with Crippen molar-refractivity contribution in [1.29, 1.82) is 0 Å². The number of unbranched alkanes of at least 4 members (excludes halogenated alkanes) is 1. The summed E-state index contributed by atoms with van der Waals surface area (Å²) in [5.74, 6) is -3.25. The van der Waals surface area contributed by atoms with Crippen LogP contribution in [0.2, 0.25) is 0 Å². The topological polar surface area (TPSA) is 119 Å². The maximum atomic E-state index is 12.4. The van der Waals surface area contributed by atoms with Crippen molar-refractivity contribution in [2.75, 3.05) is 26.4 Å². The van der Waals surface area contributed by atoms with E-state index in [1.165, 1.54) is 6.92 Å². The Hall–Kier alpha value is -1.67. The number of esters is 3. The summed E-state index contributed by atoms with van der Waals surface area (Å²) in [6.07, 6.45) is 1.74. The van der Waals surface area contributed by atoms with Crippen LogP contribution < -0.4 is 0 Å². The Kier molecular flexibility index (Phi) is 14.4. The van der Waals surface area contributed by atoms with E-state index in [0.717, 1.165) is 12.8 Å². The van der Waals surface area contributed by atoms with Crippen LogP contribution in [0.5, 0.6) is 0 Å². The molecule has 4 unspecified atom stereocenters. The smallest absolute Gasteiger partial charge is 0.309 e. The van der Waals surface area contributed by atoms with Crippen molar-refractivity contribution in [3.8, 4) is 0 Å². The minimum Gasteiger partial charge on any atom is -0.465 e. The molecule has 0 amide bonds. The molecule has 2 N–H and O–H groups in total. The molecule has 0 radical (unpaired) electrons. The van der Waals surface area contributed by atoms with Gasteiger partial charge in [-0.1, -0.05) is 27.2 Å². The van der Waals surface area contributed by atoms with Crippen LogP contribution in [0.25, 0.3) is 0 Å². The van der Waals surface area contributed by atoms with Gasteiger partial charge in [0.05, 0.1) is 37.1 Å². The summed E-state index contributed by atoms with van der Waals surface area (Å²) in [5.41, 5.74) is 0. The fraction of sp³-hybridized carbons (Fsp3) is 0.850. The zero-order valence-corrected chi connectivity index (χ0v) is 17.5. The highest BCUT2D eigenvalue weighted by atomic mass is 16.5. The molecular formula is C20H36O8. The largest absolute Gasteiger partial charge is 0.465 e. The lowest BCUT2D eigenvalue weighted by atomic mass is 9.86. The molecule has 0 saturated heterocycles. The molecule has 0 spiro atoms. The minimum atomic E-state index is -0.774. The van der Waals surface area contributed by atoms with Gasteiger partial charge in [0.15, 0.2) is 0 Å². The van der Waals surface area contributed by atoms with Gasteiger partial charge in [0.2, 0.25) is 0 Å². The van der Waals surface area contributed by atoms with E-state index in [0.29, 0.717) is 13.0 Å². The second-order valence-electron chi connectivity index (χ2n) is 7.07. The first kappa shape index (κ1) is 26.3. The van der Waals surface area contributed by atoms with Gasteiger partial charge in [0.1, 0.15) is 13.2 Å². The van der Waals surface area contributed by atoms with Gasteiger partial charge >= 0.3 is 17.9 Å². The third-order valence-electron chi connectivity index (χ3n) is 4.31. The molecule has 0 aromatic rings. The normalized spacial score (nSPS) is 15.2. The summed E-state index contributed by atoms with van der Waals surface area (Å²) < 4.78 is 15.3. The minimum absolute atomic E-state index is 0.121. The molecule has 28 heavy (non-hydrogen) atoms. The summed E-state index contributed by atoms with van der Waals surface area (Å²) >= 11 is 0. The van der Waals surface area contributed by atoms with Crippen LogP contribution in [0, 0.1) is 17.8 Å². The molecule has 0 aliphatic carbocycles. The van der Waals surface area contributed by atoms with E-state index in [1.54, 1.807) is 6.92 Å². The maximum absolute atomic E-state index is 12.4. The first-order valence-electron chi connectivity index (χ1n) is 10.0. The predicted molar refractivity (Wildman–Crippen MR) is 102 cm³/mol. The summed E-state index contributed by atoms with van der Waals surface area (Å²) in [6.45, 7) is 6.73. The van der Waals surface area contributed by atoms with Gasteiger partial charge in [0.25, 0.3) is 0 Å². The van der Waals surface area contributed by atoms with Crippen LogP contribution >= 0.6 is 0 Å². The summed E-state index contributed by atoms with van der Waals surface area (Å²) in [5, 5.41) is 18.1. The Labute approximate surface area is 167 Å². The van der Waals surface area contributed by atoms with Crippen molar-refractivity contribution in [3.05, 3.63) is 0 Å². The highest BCUT2D eigenvalue weighted by Gasteiger charge is 2.31. The van der Waals surface area contributed by atoms with Crippen LogP contribution in [0.4, 0.5) is 0 Å². The van der Waals surface area contributed by atoms with Crippen LogP contribution in [0.15, 0.2) is 0 Å². The zero-order chi connectivity index (χ0) is 21.5. The van der Waals surface area contributed by atoms with Crippen LogP contribution in [0.1, 0.15) is 59.8 Å². The van der Waals surface area contributed by atoms with E-state index >= 15 is 0 Å². The molecule has 0 aliphatic rings. The van der Waals surface area contributed by atoms with Crippen LogP contribution in [-0.2, 0) is 28.6 Å². The average Bonchev–Trinajstić information content (AvgIpc) is 2.66. The van der Waals surface area contributed by atoms with E-state index in [4.69, 9.17) is 19.3 Å². The summed E-state index contributed by atoms with van der Waals surface area (Å²) in [7, 11) is 0. The van der Waals surface area contributed by atoms with Gasteiger partial charge in [-0.25, -0.2) is 0 Å². The average molecular weight is 405 g/mol. The lowest BCUT2D eigenvalue weighted by Gasteiger charge is -2.23. The SMILES string of the molecule is CCCCOC(=O)C(CC)CC(CC(C)C(=O)OCC(C)O)C(=O)OCCO. The van der Waals surface area contributed by atoms with Crippen LogP contribution in [-0.4, -0.2) is 60.7 Å². The number of aliphatic hydroxyl groups is 2. The van der Waals surface area contributed by atoms with E-state index in [2.05, 4.69) is 0 Å². The van der Waals surface area contributed by atoms with E-state index in [1.807, 2.05) is 13.8 Å². The Bertz CT molecular complexity index is 463. The van der Waals surface area contributed by atoms with Gasteiger partial charge in [-0.15, -0.1) is 0 Å². The Morgan fingerprint density at radius 3 is 2.00 bits per heavy atom. The number of hydrogen-bond donors (Lipinski definition) is 2. The van der Waals surface area contributed by atoms with Crippen molar-refractivity contribution >= 4 is 17.9 Å². The number of aliphatic hydroxyl groups excluding tert-OH is 2. The molecule has 0 fully saturated rings. The standard InChI is InChI=1S/C20H36O8/c1-5-7-9-26-19(24)16(6-2)12-17(20(25)27-10-8-21)11-14(3)18(23)28-13-15(4)22/h14-17,21-22H,5-13H2,1-4H3. The molecule has 0 rings (SSSR count). The molecule has 0 aromatic heterocycles. The van der Waals surface area contributed by atoms with Crippen molar-refractivity contribution in [1.82, 2.24) is 0 Å². The zero-order valence-electron chi connectivity index (χ0n) is 17.5. The molecule has 0 aromatic carbocycles. The lowest BCUT2D eigenvalue weighted by molar-refractivity contribution is -0.156. The number of ether oxygens (including phenoxy) is 3. The van der Waals surface area contributed by atoms with E-state index in [-0.39, 0.29) is 38.6 Å². The number of rotatable bonds is 15. The first-order chi connectivity index (χ1) is 13.3. The predicted octanol–water partition coefficient (Wildman–Crippen LogP) is 1.85. The molecule has 8 heteroatoms. The highest BCUT2D eigenvalue weighted by molar-refractivity contribution is 5.77. The molecule has 164 valence electrons.